The lowest BCUT2D eigenvalue weighted by Crippen LogP contribution is -2.14. The average Bonchev–Trinajstić information content (AvgIpc) is 3.09. The van der Waals surface area contributed by atoms with Gasteiger partial charge < -0.3 is 5.32 Å². The fourth-order valence-electron chi connectivity index (χ4n) is 2.42. The fraction of sp³-hybridized carbons (Fsp3) is 0.111. The van der Waals surface area contributed by atoms with Gasteiger partial charge in [0, 0.05) is 11.9 Å². The van der Waals surface area contributed by atoms with E-state index in [9.17, 15) is 13.2 Å². The topological polar surface area (TPSA) is 93.1 Å². The summed E-state index contributed by atoms with van der Waals surface area (Å²) in [6.07, 6.45) is 2.69. The zero-order valence-corrected chi connectivity index (χ0v) is 17.2. The molecule has 0 unspecified atom stereocenters. The summed E-state index contributed by atoms with van der Waals surface area (Å²) in [5, 5.41) is 7.74. The normalized spacial score (nSPS) is 11.3. The van der Waals surface area contributed by atoms with Crippen molar-refractivity contribution in [2.24, 2.45) is 0 Å². The van der Waals surface area contributed by atoms with Crippen molar-refractivity contribution >= 4 is 50.5 Å². The molecule has 7 nitrogen and oxygen atoms in total. The number of hydrogen-bond acceptors (Lipinski definition) is 4. The second kappa shape index (κ2) is 7.83. The van der Waals surface area contributed by atoms with Crippen LogP contribution in [0.25, 0.3) is 5.69 Å². The molecule has 1 aromatic heterocycles. The third-order valence-corrected chi connectivity index (χ3v) is 5.11. The van der Waals surface area contributed by atoms with Crippen LogP contribution in [0.1, 0.15) is 16.1 Å². The van der Waals surface area contributed by atoms with Gasteiger partial charge in [-0.05, 0) is 48.9 Å². The van der Waals surface area contributed by atoms with Gasteiger partial charge in [-0.15, -0.1) is 0 Å². The van der Waals surface area contributed by atoms with Gasteiger partial charge in [0.15, 0.2) is 5.69 Å². The average molecular weight is 439 g/mol. The molecule has 0 aliphatic rings. The second-order valence-corrected chi connectivity index (χ2v) is 8.66. The zero-order chi connectivity index (χ0) is 20.5. The Balaban J connectivity index is 1.79. The minimum Gasteiger partial charge on any atom is -0.321 e. The molecule has 2 aromatic carbocycles. The molecule has 0 radical (unpaired) electrons. The van der Waals surface area contributed by atoms with E-state index in [2.05, 4.69) is 15.1 Å². The Hall–Kier alpha value is -2.55. The molecule has 0 saturated carbocycles. The quantitative estimate of drug-likeness (QED) is 0.626. The third kappa shape index (κ3) is 4.83. The van der Waals surface area contributed by atoms with E-state index in [0.717, 1.165) is 11.8 Å². The fourth-order valence-corrected chi connectivity index (χ4v) is 3.33. The Bertz CT molecular complexity index is 1160. The number of aromatic nitrogens is 2. The van der Waals surface area contributed by atoms with Crippen LogP contribution in [-0.2, 0) is 10.0 Å². The molecule has 146 valence electrons. The van der Waals surface area contributed by atoms with Gasteiger partial charge >= 0.3 is 0 Å². The van der Waals surface area contributed by atoms with E-state index in [0.29, 0.717) is 27.1 Å². The number of halogens is 2. The zero-order valence-electron chi connectivity index (χ0n) is 14.9. The highest BCUT2D eigenvalue weighted by molar-refractivity contribution is 7.92. The van der Waals surface area contributed by atoms with Crippen LogP contribution in [0.2, 0.25) is 10.0 Å². The minimum absolute atomic E-state index is 0.185. The molecule has 0 atom stereocenters. The van der Waals surface area contributed by atoms with Gasteiger partial charge in [-0.3, -0.25) is 9.52 Å². The van der Waals surface area contributed by atoms with Gasteiger partial charge in [0.25, 0.3) is 5.91 Å². The molecule has 10 heteroatoms. The summed E-state index contributed by atoms with van der Waals surface area (Å²) in [5.41, 5.74) is 2.40. The van der Waals surface area contributed by atoms with Crippen molar-refractivity contribution in [2.75, 3.05) is 16.3 Å². The predicted octanol–water partition coefficient (Wildman–Crippen LogP) is 4.11. The molecule has 0 aliphatic heterocycles. The lowest BCUT2D eigenvalue weighted by molar-refractivity contribution is 0.102. The number of benzene rings is 2. The van der Waals surface area contributed by atoms with Gasteiger partial charge in [0.05, 0.1) is 27.7 Å². The molecule has 3 aromatic rings. The number of hydrogen-bond donors (Lipinski definition) is 2. The van der Waals surface area contributed by atoms with Crippen LogP contribution in [0.4, 0.5) is 11.4 Å². The molecule has 0 saturated heterocycles. The third-order valence-electron chi connectivity index (χ3n) is 3.78. The Morgan fingerprint density at radius 3 is 2.50 bits per heavy atom. The Labute approximate surface area is 172 Å². The monoisotopic (exact) mass is 438 g/mol. The van der Waals surface area contributed by atoms with E-state index >= 15 is 0 Å². The lowest BCUT2D eigenvalue weighted by atomic mass is 10.2. The van der Waals surface area contributed by atoms with Crippen molar-refractivity contribution in [3.05, 3.63) is 70.0 Å². The van der Waals surface area contributed by atoms with Crippen molar-refractivity contribution < 1.29 is 13.2 Å². The minimum atomic E-state index is -3.43. The SMILES string of the molecule is Cc1ccc(NC(=O)c2ccn(-c3ccc(Cl)c(Cl)c3)n2)cc1NS(C)(=O)=O. The highest BCUT2D eigenvalue weighted by atomic mass is 35.5. The standard InChI is InChI=1S/C18H16Cl2N4O3S/c1-11-3-4-12(9-17(11)23-28(2,26)27)21-18(25)16-7-8-24(22-16)13-5-6-14(19)15(20)10-13/h3-10,23H,1-2H3,(H,21,25). The maximum absolute atomic E-state index is 12.5. The van der Waals surface area contributed by atoms with E-state index in [1.165, 1.54) is 4.68 Å². The Morgan fingerprint density at radius 1 is 1.07 bits per heavy atom. The number of aryl methyl sites for hydroxylation is 1. The van der Waals surface area contributed by atoms with E-state index in [4.69, 9.17) is 23.2 Å². The van der Waals surface area contributed by atoms with E-state index in [1.54, 1.807) is 55.6 Å². The molecule has 0 aliphatic carbocycles. The van der Waals surface area contributed by atoms with Crippen molar-refractivity contribution in [1.29, 1.82) is 0 Å². The van der Waals surface area contributed by atoms with Crippen LogP contribution in [-0.4, -0.2) is 30.4 Å². The first-order valence-electron chi connectivity index (χ1n) is 8.03. The second-order valence-electron chi connectivity index (χ2n) is 6.10. The number of amides is 1. The van der Waals surface area contributed by atoms with Crippen molar-refractivity contribution in [3.63, 3.8) is 0 Å². The highest BCUT2D eigenvalue weighted by Crippen LogP contribution is 2.25. The summed E-state index contributed by atoms with van der Waals surface area (Å²) in [7, 11) is -3.43. The van der Waals surface area contributed by atoms with Crippen LogP contribution < -0.4 is 10.0 Å². The number of carbonyl (C=O) groups is 1. The number of carbonyl (C=O) groups excluding carboxylic acids is 1. The molecular weight excluding hydrogens is 423 g/mol. The number of nitrogens with zero attached hydrogens (tertiary/aromatic N) is 2. The summed E-state index contributed by atoms with van der Waals surface area (Å²) >= 11 is 11.9. The maximum atomic E-state index is 12.5. The van der Waals surface area contributed by atoms with E-state index in [1.807, 2.05) is 0 Å². The molecule has 0 fully saturated rings. The number of nitrogens with one attached hydrogen (secondary N) is 2. The predicted molar refractivity (Wildman–Crippen MR) is 111 cm³/mol. The summed E-state index contributed by atoms with van der Waals surface area (Å²) < 4.78 is 26.8. The van der Waals surface area contributed by atoms with Crippen LogP contribution >= 0.6 is 23.2 Å². The van der Waals surface area contributed by atoms with E-state index < -0.39 is 15.9 Å². The molecule has 0 spiro atoms. The van der Waals surface area contributed by atoms with E-state index in [-0.39, 0.29) is 5.69 Å². The van der Waals surface area contributed by atoms with Crippen LogP contribution in [0, 0.1) is 6.92 Å². The van der Waals surface area contributed by atoms with Crippen molar-refractivity contribution in [1.82, 2.24) is 9.78 Å². The molecule has 1 heterocycles. The molecule has 0 bridgehead atoms. The summed E-state index contributed by atoms with van der Waals surface area (Å²) in [4.78, 5) is 12.5. The number of rotatable bonds is 5. The highest BCUT2D eigenvalue weighted by Gasteiger charge is 2.13. The first kappa shape index (κ1) is 20.2. The van der Waals surface area contributed by atoms with Gasteiger partial charge in [0.2, 0.25) is 10.0 Å². The molecule has 2 N–H and O–H groups in total. The first-order valence-corrected chi connectivity index (χ1v) is 10.7. The summed E-state index contributed by atoms with van der Waals surface area (Å²) in [5.74, 6) is -0.437. The molecule has 1 amide bonds. The van der Waals surface area contributed by atoms with Crippen LogP contribution in [0.15, 0.2) is 48.7 Å². The van der Waals surface area contributed by atoms with Gasteiger partial charge in [-0.25, -0.2) is 13.1 Å². The van der Waals surface area contributed by atoms with Crippen molar-refractivity contribution in [2.45, 2.75) is 6.92 Å². The molecule has 3 rings (SSSR count). The first-order chi connectivity index (χ1) is 13.1. The molecule has 28 heavy (non-hydrogen) atoms. The van der Waals surface area contributed by atoms with Gasteiger partial charge in [-0.2, -0.15) is 5.10 Å². The molecular formula is C18H16Cl2N4O3S. The maximum Gasteiger partial charge on any atom is 0.276 e. The largest absolute Gasteiger partial charge is 0.321 e. The summed E-state index contributed by atoms with van der Waals surface area (Å²) in [6.45, 7) is 1.76. The van der Waals surface area contributed by atoms with Crippen LogP contribution in [0.3, 0.4) is 0 Å². The van der Waals surface area contributed by atoms with Gasteiger partial charge in [-0.1, -0.05) is 29.3 Å². The smallest absolute Gasteiger partial charge is 0.276 e. The summed E-state index contributed by atoms with van der Waals surface area (Å²) in [6, 6.07) is 11.5. The number of anilines is 2. The Kier molecular flexibility index (Phi) is 5.64. The van der Waals surface area contributed by atoms with Gasteiger partial charge in [0.1, 0.15) is 0 Å². The number of sulfonamides is 1. The lowest BCUT2D eigenvalue weighted by Gasteiger charge is -2.10. The van der Waals surface area contributed by atoms with Crippen LogP contribution in [0.5, 0.6) is 0 Å². The van der Waals surface area contributed by atoms with Crippen molar-refractivity contribution in [3.8, 4) is 5.69 Å². The Morgan fingerprint density at radius 2 is 1.82 bits per heavy atom.